The summed E-state index contributed by atoms with van der Waals surface area (Å²) in [5.74, 6) is 0.907. The van der Waals surface area contributed by atoms with Gasteiger partial charge in [-0.3, -0.25) is 0 Å². The van der Waals surface area contributed by atoms with Gasteiger partial charge in [-0.25, -0.2) is 0 Å². The smallest absolute Gasteiger partial charge is 0.151 e. The quantitative estimate of drug-likeness (QED) is 0.787. The first-order valence-electron chi connectivity index (χ1n) is 9.07. The van der Waals surface area contributed by atoms with Crippen molar-refractivity contribution in [2.24, 2.45) is 16.7 Å². The van der Waals surface area contributed by atoms with Gasteiger partial charge < -0.3 is 4.90 Å². The van der Waals surface area contributed by atoms with Crippen LogP contribution in [0.1, 0.15) is 58.6 Å². The monoisotopic (exact) mass is 335 g/mol. The third kappa shape index (κ3) is 4.67. The average molecular weight is 336 g/mol. The van der Waals surface area contributed by atoms with Gasteiger partial charge in [-0.2, -0.15) is 5.10 Å². The summed E-state index contributed by atoms with van der Waals surface area (Å²) >= 11 is 5.79. The van der Waals surface area contributed by atoms with Crippen LogP contribution >= 0.6 is 11.6 Å². The van der Waals surface area contributed by atoms with Crippen LogP contribution in [-0.2, 0) is 6.42 Å². The fraction of sp³-hybridized carbons (Fsp3) is 0.789. The lowest BCUT2D eigenvalue weighted by molar-refractivity contribution is 0.145. The minimum absolute atomic E-state index is 0.455. The molecule has 128 valence electrons. The van der Waals surface area contributed by atoms with E-state index in [0.29, 0.717) is 16.0 Å². The molecule has 0 aromatic carbocycles. The highest BCUT2D eigenvalue weighted by Crippen LogP contribution is 2.61. The van der Waals surface area contributed by atoms with Gasteiger partial charge >= 0.3 is 0 Å². The van der Waals surface area contributed by atoms with E-state index in [4.69, 9.17) is 11.6 Å². The maximum absolute atomic E-state index is 5.79. The van der Waals surface area contributed by atoms with Gasteiger partial charge in [0.25, 0.3) is 0 Å². The lowest BCUT2D eigenvalue weighted by Crippen LogP contribution is -2.37. The topological polar surface area (TPSA) is 29.0 Å². The van der Waals surface area contributed by atoms with Crippen molar-refractivity contribution in [3.63, 3.8) is 0 Å². The highest BCUT2D eigenvalue weighted by molar-refractivity contribution is 6.29. The van der Waals surface area contributed by atoms with Gasteiger partial charge in [0.2, 0.25) is 0 Å². The minimum Gasteiger partial charge on any atom is -0.303 e. The molecule has 1 atom stereocenters. The van der Waals surface area contributed by atoms with Gasteiger partial charge in [0.15, 0.2) is 5.15 Å². The molecule has 0 bridgehead atoms. The second kappa shape index (κ2) is 6.68. The van der Waals surface area contributed by atoms with E-state index in [9.17, 15) is 0 Å². The van der Waals surface area contributed by atoms with Gasteiger partial charge in [0.05, 0.1) is 5.69 Å². The molecule has 1 aliphatic carbocycles. The third-order valence-electron chi connectivity index (χ3n) is 5.82. The molecule has 3 rings (SSSR count). The van der Waals surface area contributed by atoms with Crippen LogP contribution < -0.4 is 0 Å². The molecule has 1 saturated carbocycles. The van der Waals surface area contributed by atoms with Gasteiger partial charge in [0, 0.05) is 0 Å². The Labute approximate surface area is 145 Å². The Hall–Kier alpha value is -0.670. The van der Waals surface area contributed by atoms with Crippen molar-refractivity contribution in [3.8, 4) is 0 Å². The minimum atomic E-state index is 0.455. The molecule has 1 unspecified atom stereocenters. The zero-order chi connectivity index (χ0) is 16.5. The molecule has 1 aliphatic heterocycles. The van der Waals surface area contributed by atoms with E-state index in [1.54, 1.807) is 0 Å². The van der Waals surface area contributed by atoms with Crippen LogP contribution in [0.15, 0.2) is 12.1 Å². The molecule has 1 aromatic rings. The summed E-state index contributed by atoms with van der Waals surface area (Å²) in [6, 6.07) is 3.86. The standard InChI is InChI=1S/C19H30ClN3/c1-18(2,3)8-11-23-12-9-19(10-13-23)14-15(19)4-5-16-6-7-17(20)22-21-16/h6-7,15H,4-5,8-14H2,1-3H3. The van der Waals surface area contributed by atoms with E-state index in [1.165, 1.54) is 51.7 Å². The van der Waals surface area contributed by atoms with Crippen LogP contribution in [0.2, 0.25) is 5.15 Å². The number of rotatable bonds is 5. The zero-order valence-corrected chi connectivity index (χ0v) is 15.6. The van der Waals surface area contributed by atoms with Crippen LogP contribution in [0.5, 0.6) is 0 Å². The lowest BCUT2D eigenvalue weighted by atomic mass is 9.88. The van der Waals surface area contributed by atoms with E-state index in [1.807, 2.05) is 12.1 Å². The molecule has 2 aliphatic rings. The molecule has 2 fully saturated rings. The van der Waals surface area contributed by atoms with Crippen molar-refractivity contribution in [3.05, 3.63) is 23.0 Å². The molecule has 0 radical (unpaired) electrons. The summed E-state index contributed by atoms with van der Waals surface area (Å²) in [6.07, 6.45) is 7.84. The fourth-order valence-electron chi connectivity index (χ4n) is 3.97. The Morgan fingerprint density at radius 1 is 1.22 bits per heavy atom. The van der Waals surface area contributed by atoms with E-state index in [2.05, 4.69) is 35.9 Å². The first kappa shape index (κ1) is 17.2. The summed E-state index contributed by atoms with van der Waals surface area (Å²) in [5, 5.41) is 8.61. The summed E-state index contributed by atoms with van der Waals surface area (Å²) in [7, 11) is 0. The molecular formula is C19H30ClN3. The molecule has 1 saturated heterocycles. The normalized spacial score (nSPS) is 24.1. The number of hydrogen-bond acceptors (Lipinski definition) is 3. The Morgan fingerprint density at radius 2 is 1.96 bits per heavy atom. The highest BCUT2D eigenvalue weighted by atomic mass is 35.5. The third-order valence-corrected chi connectivity index (χ3v) is 6.03. The Balaban J connectivity index is 1.39. The molecule has 23 heavy (non-hydrogen) atoms. The summed E-state index contributed by atoms with van der Waals surface area (Å²) in [5.41, 5.74) is 2.20. The Morgan fingerprint density at radius 3 is 2.57 bits per heavy atom. The van der Waals surface area contributed by atoms with Crippen molar-refractivity contribution in [2.75, 3.05) is 19.6 Å². The zero-order valence-electron chi connectivity index (χ0n) is 14.8. The Bertz CT molecular complexity index is 512. The number of likely N-dealkylation sites (tertiary alicyclic amines) is 1. The number of piperidine rings is 1. The molecule has 0 amide bonds. The van der Waals surface area contributed by atoms with Crippen LogP contribution in [-0.4, -0.2) is 34.7 Å². The van der Waals surface area contributed by atoms with Crippen LogP contribution in [0, 0.1) is 16.7 Å². The average Bonchev–Trinajstić information content (AvgIpc) is 3.18. The van der Waals surface area contributed by atoms with Crippen molar-refractivity contribution >= 4 is 11.6 Å². The van der Waals surface area contributed by atoms with Crippen molar-refractivity contribution in [1.82, 2.24) is 15.1 Å². The molecule has 2 heterocycles. The number of nitrogens with zero attached hydrogens (tertiary/aromatic N) is 3. The maximum atomic E-state index is 5.79. The molecular weight excluding hydrogens is 306 g/mol. The summed E-state index contributed by atoms with van der Waals surface area (Å²) in [6.45, 7) is 10.9. The second-order valence-corrected chi connectivity index (χ2v) is 9.19. The largest absolute Gasteiger partial charge is 0.303 e. The fourth-order valence-corrected chi connectivity index (χ4v) is 4.07. The van der Waals surface area contributed by atoms with Crippen molar-refractivity contribution < 1.29 is 0 Å². The van der Waals surface area contributed by atoms with Crippen LogP contribution in [0.25, 0.3) is 0 Å². The number of halogens is 1. The SMILES string of the molecule is CC(C)(C)CCN1CCC2(CC1)CC2CCc1ccc(Cl)nn1. The molecule has 1 aromatic heterocycles. The van der Waals surface area contributed by atoms with Crippen molar-refractivity contribution in [1.29, 1.82) is 0 Å². The molecule has 4 heteroatoms. The second-order valence-electron chi connectivity index (χ2n) is 8.80. The highest BCUT2D eigenvalue weighted by Gasteiger charge is 2.53. The predicted molar refractivity (Wildman–Crippen MR) is 95.6 cm³/mol. The summed E-state index contributed by atoms with van der Waals surface area (Å²) in [4.78, 5) is 2.68. The predicted octanol–water partition coefficient (Wildman–Crippen LogP) is 4.60. The first-order valence-corrected chi connectivity index (χ1v) is 9.45. The first-order chi connectivity index (χ1) is 10.9. The van der Waals surface area contributed by atoms with E-state index >= 15 is 0 Å². The number of aromatic nitrogens is 2. The van der Waals surface area contributed by atoms with E-state index in [-0.39, 0.29) is 0 Å². The van der Waals surface area contributed by atoms with Crippen LogP contribution in [0.3, 0.4) is 0 Å². The molecule has 3 nitrogen and oxygen atoms in total. The number of aryl methyl sites for hydroxylation is 1. The Kier molecular flexibility index (Phi) is 4.98. The van der Waals surface area contributed by atoms with Crippen LogP contribution in [0.4, 0.5) is 0 Å². The van der Waals surface area contributed by atoms with Crippen molar-refractivity contribution in [2.45, 2.75) is 59.3 Å². The maximum Gasteiger partial charge on any atom is 0.151 e. The van der Waals surface area contributed by atoms with E-state index in [0.717, 1.165) is 18.0 Å². The summed E-state index contributed by atoms with van der Waals surface area (Å²) < 4.78 is 0. The molecule has 0 N–H and O–H groups in total. The lowest BCUT2D eigenvalue weighted by Gasteiger charge is -2.34. The molecule has 1 spiro atoms. The van der Waals surface area contributed by atoms with Gasteiger partial charge in [0.1, 0.15) is 0 Å². The van der Waals surface area contributed by atoms with Gasteiger partial charge in [-0.15, -0.1) is 5.10 Å². The van der Waals surface area contributed by atoms with Gasteiger partial charge in [-0.1, -0.05) is 32.4 Å². The van der Waals surface area contributed by atoms with Gasteiger partial charge in [-0.05, 0) is 87.0 Å². The number of hydrogen-bond donors (Lipinski definition) is 0. The van der Waals surface area contributed by atoms with E-state index < -0.39 is 0 Å².